The molecule has 0 saturated carbocycles. The van der Waals surface area contributed by atoms with Crippen LogP contribution >= 0.6 is 11.6 Å². The Morgan fingerprint density at radius 2 is 1.88 bits per heavy atom. The summed E-state index contributed by atoms with van der Waals surface area (Å²) >= 11 is 5.88. The number of sulfonamides is 1. The van der Waals surface area contributed by atoms with Crippen LogP contribution in [0.25, 0.3) is 0 Å². The van der Waals surface area contributed by atoms with Gasteiger partial charge in [0.1, 0.15) is 6.54 Å². The molecule has 0 bridgehead atoms. The summed E-state index contributed by atoms with van der Waals surface area (Å²) in [7, 11) is -3.67. The number of rotatable bonds is 5. The zero-order chi connectivity index (χ0) is 18.6. The molecule has 25 heavy (non-hydrogen) atoms. The van der Waals surface area contributed by atoms with Gasteiger partial charge in [-0.15, -0.1) is 0 Å². The number of nitriles is 1. The molecule has 1 amide bonds. The molecule has 0 aliphatic carbocycles. The molecule has 0 aromatic heterocycles. The lowest BCUT2D eigenvalue weighted by atomic mass is 10.2. The van der Waals surface area contributed by atoms with Crippen molar-refractivity contribution in [3.05, 3.63) is 58.6 Å². The Balaban J connectivity index is 2.22. The van der Waals surface area contributed by atoms with E-state index in [1.807, 2.05) is 6.07 Å². The van der Waals surface area contributed by atoms with Crippen LogP contribution in [0.15, 0.2) is 42.5 Å². The van der Waals surface area contributed by atoms with Gasteiger partial charge in [0.2, 0.25) is 15.9 Å². The molecular formula is C17H16ClN3O3S. The van der Waals surface area contributed by atoms with Crippen molar-refractivity contribution < 1.29 is 13.2 Å². The van der Waals surface area contributed by atoms with Crippen molar-refractivity contribution in [2.45, 2.75) is 6.92 Å². The quantitative estimate of drug-likeness (QED) is 0.867. The minimum atomic E-state index is -3.67. The maximum absolute atomic E-state index is 12.3. The number of anilines is 2. The van der Waals surface area contributed by atoms with E-state index in [-0.39, 0.29) is 6.54 Å². The van der Waals surface area contributed by atoms with Crippen LogP contribution in [0, 0.1) is 18.3 Å². The number of halogens is 1. The molecule has 2 aromatic rings. The van der Waals surface area contributed by atoms with Gasteiger partial charge in [-0.3, -0.25) is 9.10 Å². The molecule has 0 aliphatic heterocycles. The van der Waals surface area contributed by atoms with Crippen LogP contribution in [0.3, 0.4) is 0 Å². The van der Waals surface area contributed by atoms with Crippen LogP contribution < -0.4 is 9.62 Å². The average molecular weight is 378 g/mol. The highest BCUT2D eigenvalue weighted by molar-refractivity contribution is 7.92. The summed E-state index contributed by atoms with van der Waals surface area (Å²) in [6.07, 6.45) is 1.02. The lowest BCUT2D eigenvalue weighted by Crippen LogP contribution is -2.37. The number of hydrogen-bond donors (Lipinski definition) is 1. The summed E-state index contributed by atoms with van der Waals surface area (Å²) in [5.41, 5.74) is 2.04. The normalized spacial score (nSPS) is 10.8. The number of nitrogens with zero attached hydrogens (tertiary/aromatic N) is 2. The molecule has 0 radical (unpaired) electrons. The maximum atomic E-state index is 12.3. The van der Waals surface area contributed by atoms with Crippen molar-refractivity contribution in [1.82, 2.24) is 0 Å². The smallest absolute Gasteiger partial charge is 0.245 e. The largest absolute Gasteiger partial charge is 0.324 e. The van der Waals surface area contributed by atoms with Gasteiger partial charge in [-0.1, -0.05) is 11.6 Å². The Morgan fingerprint density at radius 1 is 1.24 bits per heavy atom. The summed E-state index contributed by atoms with van der Waals surface area (Å²) in [6, 6.07) is 12.9. The van der Waals surface area contributed by atoms with E-state index in [9.17, 15) is 13.2 Å². The van der Waals surface area contributed by atoms with Gasteiger partial charge in [-0.25, -0.2) is 8.42 Å². The van der Waals surface area contributed by atoms with Gasteiger partial charge in [0.25, 0.3) is 0 Å². The number of amides is 1. The number of hydrogen-bond acceptors (Lipinski definition) is 4. The SMILES string of the molecule is Cc1cc(Cl)ccc1NC(=O)CN(c1ccc(C#N)cc1)S(C)(=O)=O. The Morgan fingerprint density at radius 3 is 2.40 bits per heavy atom. The Bertz CT molecular complexity index is 935. The molecule has 8 heteroatoms. The van der Waals surface area contributed by atoms with Crippen molar-refractivity contribution in [2.75, 3.05) is 22.4 Å². The maximum Gasteiger partial charge on any atom is 0.245 e. The fraction of sp³-hybridized carbons (Fsp3) is 0.176. The fourth-order valence-corrected chi connectivity index (χ4v) is 3.27. The molecule has 2 rings (SSSR count). The zero-order valence-electron chi connectivity index (χ0n) is 13.7. The monoisotopic (exact) mass is 377 g/mol. The molecule has 0 heterocycles. The first kappa shape index (κ1) is 18.8. The van der Waals surface area contributed by atoms with Gasteiger partial charge >= 0.3 is 0 Å². The van der Waals surface area contributed by atoms with Crippen molar-refractivity contribution in [3.8, 4) is 6.07 Å². The van der Waals surface area contributed by atoms with Crippen LogP contribution in [0.1, 0.15) is 11.1 Å². The van der Waals surface area contributed by atoms with Crippen LogP contribution in [-0.2, 0) is 14.8 Å². The second-order valence-electron chi connectivity index (χ2n) is 5.44. The van der Waals surface area contributed by atoms with E-state index in [1.165, 1.54) is 24.3 Å². The lowest BCUT2D eigenvalue weighted by molar-refractivity contribution is -0.114. The molecular weight excluding hydrogens is 362 g/mol. The molecule has 2 aromatic carbocycles. The van der Waals surface area contributed by atoms with E-state index in [0.717, 1.165) is 16.1 Å². The highest BCUT2D eigenvalue weighted by Gasteiger charge is 2.21. The van der Waals surface area contributed by atoms with E-state index < -0.39 is 15.9 Å². The van der Waals surface area contributed by atoms with Gasteiger partial charge in [0.15, 0.2) is 0 Å². The summed E-state index contributed by atoms with van der Waals surface area (Å²) in [5, 5.41) is 12.0. The minimum absolute atomic E-state index is 0.310. The molecule has 0 unspecified atom stereocenters. The number of benzene rings is 2. The molecule has 0 spiro atoms. The minimum Gasteiger partial charge on any atom is -0.324 e. The first-order valence-electron chi connectivity index (χ1n) is 7.24. The van der Waals surface area contributed by atoms with E-state index in [0.29, 0.717) is 22.0 Å². The average Bonchev–Trinajstić information content (AvgIpc) is 2.54. The molecule has 0 fully saturated rings. The summed E-state index contributed by atoms with van der Waals surface area (Å²) in [6.45, 7) is 1.41. The first-order valence-corrected chi connectivity index (χ1v) is 9.47. The number of carbonyl (C=O) groups excluding carboxylic acids is 1. The van der Waals surface area contributed by atoms with Gasteiger partial charge in [-0.2, -0.15) is 5.26 Å². The number of aryl methyl sites for hydroxylation is 1. The fourth-order valence-electron chi connectivity index (χ4n) is 2.19. The third kappa shape index (κ3) is 4.95. The van der Waals surface area contributed by atoms with E-state index >= 15 is 0 Å². The highest BCUT2D eigenvalue weighted by Crippen LogP contribution is 2.21. The van der Waals surface area contributed by atoms with E-state index in [4.69, 9.17) is 16.9 Å². The van der Waals surface area contributed by atoms with Gasteiger partial charge in [0.05, 0.1) is 23.6 Å². The molecule has 6 nitrogen and oxygen atoms in total. The van der Waals surface area contributed by atoms with Gasteiger partial charge < -0.3 is 5.32 Å². The third-order valence-electron chi connectivity index (χ3n) is 3.43. The molecule has 130 valence electrons. The van der Waals surface area contributed by atoms with Crippen LogP contribution in [0.2, 0.25) is 5.02 Å². The van der Waals surface area contributed by atoms with Gasteiger partial charge in [0, 0.05) is 10.7 Å². The highest BCUT2D eigenvalue weighted by atomic mass is 35.5. The van der Waals surface area contributed by atoms with E-state index in [2.05, 4.69) is 5.32 Å². The third-order valence-corrected chi connectivity index (χ3v) is 4.81. The molecule has 0 aliphatic rings. The number of nitrogens with one attached hydrogen (secondary N) is 1. The van der Waals surface area contributed by atoms with Crippen LogP contribution in [0.5, 0.6) is 0 Å². The van der Waals surface area contributed by atoms with Crippen molar-refractivity contribution in [3.63, 3.8) is 0 Å². The second-order valence-corrected chi connectivity index (χ2v) is 7.78. The summed E-state index contributed by atoms with van der Waals surface area (Å²) in [5.74, 6) is -0.486. The standard InChI is InChI=1S/C17H16ClN3O3S/c1-12-9-14(18)5-8-16(12)20-17(22)11-21(25(2,23)24)15-6-3-13(10-19)4-7-15/h3-9H,11H2,1-2H3,(H,20,22). The van der Waals surface area contributed by atoms with Crippen LogP contribution in [-0.4, -0.2) is 27.1 Å². The van der Waals surface area contributed by atoms with E-state index in [1.54, 1.807) is 25.1 Å². The Kier molecular flexibility index (Phi) is 5.67. The van der Waals surface area contributed by atoms with Gasteiger partial charge in [-0.05, 0) is 55.0 Å². The summed E-state index contributed by atoms with van der Waals surface area (Å²) < 4.78 is 25.1. The summed E-state index contributed by atoms with van der Waals surface area (Å²) in [4.78, 5) is 12.3. The predicted octanol–water partition coefficient (Wildman–Crippen LogP) is 2.92. The topological polar surface area (TPSA) is 90.3 Å². The number of carbonyl (C=O) groups is 1. The van der Waals surface area contributed by atoms with Crippen molar-refractivity contribution in [1.29, 1.82) is 5.26 Å². The van der Waals surface area contributed by atoms with Crippen molar-refractivity contribution in [2.24, 2.45) is 0 Å². The lowest BCUT2D eigenvalue weighted by Gasteiger charge is -2.22. The molecule has 0 atom stereocenters. The Labute approximate surface area is 151 Å². The molecule has 0 saturated heterocycles. The first-order chi connectivity index (χ1) is 11.7. The zero-order valence-corrected chi connectivity index (χ0v) is 15.2. The Hall–Kier alpha value is -2.56. The molecule has 1 N–H and O–H groups in total. The predicted molar refractivity (Wildman–Crippen MR) is 98.2 cm³/mol. The van der Waals surface area contributed by atoms with Crippen molar-refractivity contribution >= 4 is 38.9 Å². The van der Waals surface area contributed by atoms with Crippen LogP contribution in [0.4, 0.5) is 11.4 Å². The second kappa shape index (κ2) is 7.55.